The third kappa shape index (κ3) is 5.74. The molecule has 0 radical (unpaired) electrons. The number of halogens is 2. The molecule has 0 N–H and O–H groups in total. The molecule has 0 amide bonds. The van der Waals surface area contributed by atoms with Crippen molar-refractivity contribution in [2.75, 3.05) is 28.0 Å². The molecule has 1 fully saturated rings. The standard InChI is InChI=1S/C20H26ClFN4O3/c1-26(2)14-5-4-6-16(22)18(10-14)29-19-11-23-20(25-24-19)15-8-7-13(21)9-17(15)28-12-27-3/h7-9,11,14,16,18H,4-6,10,12H2,1-3H3/t14?,16?,18-/m0/s1. The van der Waals surface area contributed by atoms with E-state index in [0.29, 0.717) is 35.0 Å². The number of nitrogens with zero attached hydrogens (tertiary/aromatic N) is 4. The van der Waals surface area contributed by atoms with Crippen molar-refractivity contribution in [2.45, 2.75) is 44.0 Å². The van der Waals surface area contributed by atoms with E-state index in [1.54, 1.807) is 18.2 Å². The van der Waals surface area contributed by atoms with Crippen molar-refractivity contribution < 1.29 is 18.6 Å². The first-order chi connectivity index (χ1) is 14.0. The molecule has 0 spiro atoms. The fourth-order valence-corrected chi connectivity index (χ4v) is 3.54. The Hall–Kier alpha value is -2.03. The van der Waals surface area contributed by atoms with Crippen molar-refractivity contribution in [1.29, 1.82) is 0 Å². The summed E-state index contributed by atoms with van der Waals surface area (Å²) in [7, 11) is 5.54. The SMILES string of the molecule is COCOc1cc(Cl)ccc1-c1ncc(O[C@H]2CC(N(C)C)CCCC2F)nn1. The molecule has 7 nitrogen and oxygen atoms in total. The maximum Gasteiger partial charge on any atom is 0.252 e. The molecule has 1 saturated carbocycles. The lowest BCUT2D eigenvalue weighted by Gasteiger charge is -2.26. The summed E-state index contributed by atoms with van der Waals surface area (Å²) in [6, 6.07) is 5.39. The topological polar surface area (TPSA) is 69.6 Å². The summed E-state index contributed by atoms with van der Waals surface area (Å²) in [6.45, 7) is 0.0641. The zero-order chi connectivity index (χ0) is 20.8. The molecule has 0 bridgehead atoms. The van der Waals surface area contributed by atoms with E-state index in [4.69, 9.17) is 25.8 Å². The maximum absolute atomic E-state index is 14.5. The monoisotopic (exact) mass is 424 g/mol. The Bertz CT molecular complexity index is 794. The molecular weight excluding hydrogens is 399 g/mol. The summed E-state index contributed by atoms with van der Waals surface area (Å²) in [5.74, 6) is 1.04. The second-order valence-corrected chi connectivity index (χ2v) is 7.70. The number of methoxy groups -OCH3 is 1. The van der Waals surface area contributed by atoms with Crippen LogP contribution in [0.15, 0.2) is 24.4 Å². The number of hydrogen-bond donors (Lipinski definition) is 0. The third-order valence-corrected chi connectivity index (χ3v) is 5.22. The number of benzene rings is 1. The van der Waals surface area contributed by atoms with Crippen LogP contribution in [-0.4, -0.2) is 66.4 Å². The molecule has 1 aliphatic carbocycles. The smallest absolute Gasteiger partial charge is 0.252 e. The van der Waals surface area contributed by atoms with Crippen LogP contribution in [-0.2, 0) is 4.74 Å². The van der Waals surface area contributed by atoms with Gasteiger partial charge in [0.25, 0.3) is 5.88 Å². The molecule has 158 valence electrons. The van der Waals surface area contributed by atoms with Gasteiger partial charge in [0.1, 0.15) is 18.0 Å². The predicted molar refractivity (Wildman–Crippen MR) is 108 cm³/mol. The summed E-state index contributed by atoms with van der Waals surface area (Å²) in [5.41, 5.74) is 0.621. The van der Waals surface area contributed by atoms with Crippen LogP contribution in [0.5, 0.6) is 11.6 Å². The van der Waals surface area contributed by atoms with E-state index in [0.717, 1.165) is 12.8 Å². The number of hydrogen-bond acceptors (Lipinski definition) is 7. The molecule has 9 heteroatoms. The first-order valence-electron chi connectivity index (χ1n) is 9.56. The Kier molecular flexibility index (Phi) is 7.57. The fraction of sp³-hybridized carbons (Fsp3) is 0.550. The van der Waals surface area contributed by atoms with Gasteiger partial charge >= 0.3 is 0 Å². The van der Waals surface area contributed by atoms with Crippen molar-refractivity contribution in [3.63, 3.8) is 0 Å². The molecule has 0 aliphatic heterocycles. The van der Waals surface area contributed by atoms with Gasteiger partial charge in [-0.25, -0.2) is 9.37 Å². The molecule has 3 rings (SSSR count). The van der Waals surface area contributed by atoms with Gasteiger partial charge in [-0.15, -0.1) is 10.2 Å². The lowest BCUT2D eigenvalue weighted by atomic mass is 10.1. The van der Waals surface area contributed by atoms with Crippen molar-refractivity contribution in [3.05, 3.63) is 29.4 Å². The van der Waals surface area contributed by atoms with Gasteiger partial charge in [0.2, 0.25) is 0 Å². The number of ether oxygens (including phenoxy) is 3. The van der Waals surface area contributed by atoms with Gasteiger partial charge in [-0.2, -0.15) is 0 Å². The molecule has 1 aromatic heterocycles. The summed E-state index contributed by atoms with van der Waals surface area (Å²) in [6.07, 6.45) is 2.74. The minimum absolute atomic E-state index is 0.0641. The second kappa shape index (κ2) is 10.1. The van der Waals surface area contributed by atoms with Crippen LogP contribution in [0, 0.1) is 0 Å². The van der Waals surface area contributed by atoms with E-state index in [9.17, 15) is 4.39 Å². The summed E-state index contributed by atoms with van der Waals surface area (Å²) in [4.78, 5) is 6.43. The highest BCUT2D eigenvalue weighted by molar-refractivity contribution is 6.30. The van der Waals surface area contributed by atoms with Crippen molar-refractivity contribution in [3.8, 4) is 23.0 Å². The second-order valence-electron chi connectivity index (χ2n) is 7.27. The number of alkyl halides is 1. The normalized spacial score (nSPS) is 22.3. The van der Waals surface area contributed by atoms with Crippen molar-refractivity contribution >= 4 is 11.6 Å². The lowest BCUT2D eigenvalue weighted by Crippen LogP contribution is -2.36. The number of aromatic nitrogens is 3. The van der Waals surface area contributed by atoms with E-state index in [1.807, 2.05) is 14.1 Å². The molecule has 1 heterocycles. The zero-order valence-electron chi connectivity index (χ0n) is 16.8. The molecule has 1 aliphatic rings. The quantitative estimate of drug-likeness (QED) is 0.495. The van der Waals surface area contributed by atoms with Gasteiger partial charge in [0, 0.05) is 24.6 Å². The summed E-state index contributed by atoms with van der Waals surface area (Å²) >= 11 is 6.04. The van der Waals surface area contributed by atoms with Crippen LogP contribution in [0.4, 0.5) is 4.39 Å². The van der Waals surface area contributed by atoms with Gasteiger partial charge in [0.15, 0.2) is 12.6 Å². The maximum atomic E-state index is 14.5. The van der Waals surface area contributed by atoms with Crippen LogP contribution in [0.2, 0.25) is 5.02 Å². The van der Waals surface area contributed by atoms with E-state index >= 15 is 0 Å². The Morgan fingerprint density at radius 1 is 1.24 bits per heavy atom. The van der Waals surface area contributed by atoms with E-state index in [1.165, 1.54) is 13.3 Å². The Morgan fingerprint density at radius 3 is 2.76 bits per heavy atom. The Morgan fingerprint density at radius 2 is 2.07 bits per heavy atom. The van der Waals surface area contributed by atoms with Crippen molar-refractivity contribution in [1.82, 2.24) is 20.1 Å². The highest BCUT2D eigenvalue weighted by Gasteiger charge is 2.31. The van der Waals surface area contributed by atoms with E-state index in [-0.39, 0.29) is 18.7 Å². The first kappa shape index (κ1) is 21.7. The van der Waals surface area contributed by atoms with Crippen LogP contribution < -0.4 is 9.47 Å². The molecule has 29 heavy (non-hydrogen) atoms. The highest BCUT2D eigenvalue weighted by Crippen LogP contribution is 2.31. The average molecular weight is 425 g/mol. The van der Waals surface area contributed by atoms with Gasteiger partial charge in [-0.1, -0.05) is 11.6 Å². The van der Waals surface area contributed by atoms with Crippen molar-refractivity contribution in [2.24, 2.45) is 0 Å². The van der Waals surface area contributed by atoms with Crippen LogP contribution >= 0.6 is 11.6 Å². The number of rotatable bonds is 7. The van der Waals surface area contributed by atoms with Crippen LogP contribution in [0.1, 0.15) is 25.7 Å². The first-order valence-corrected chi connectivity index (χ1v) is 9.94. The average Bonchev–Trinajstić information content (AvgIpc) is 2.89. The Labute approximate surface area is 175 Å². The molecule has 1 aromatic carbocycles. The van der Waals surface area contributed by atoms with Gasteiger partial charge in [-0.3, -0.25) is 0 Å². The zero-order valence-corrected chi connectivity index (χ0v) is 17.6. The van der Waals surface area contributed by atoms with Gasteiger partial charge in [0.05, 0.1) is 11.8 Å². The molecule has 2 aromatic rings. The molecule has 0 saturated heterocycles. The summed E-state index contributed by atoms with van der Waals surface area (Å²) < 4.78 is 30.8. The highest BCUT2D eigenvalue weighted by atomic mass is 35.5. The Balaban J connectivity index is 1.75. The fourth-order valence-electron chi connectivity index (χ4n) is 3.38. The molecular formula is C20H26ClFN4O3. The van der Waals surface area contributed by atoms with Gasteiger partial charge < -0.3 is 19.1 Å². The largest absolute Gasteiger partial charge is 0.469 e. The minimum Gasteiger partial charge on any atom is -0.469 e. The van der Waals surface area contributed by atoms with Crippen LogP contribution in [0.3, 0.4) is 0 Å². The predicted octanol–water partition coefficient (Wildman–Crippen LogP) is 3.76. The van der Waals surface area contributed by atoms with E-state index < -0.39 is 12.3 Å². The van der Waals surface area contributed by atoms with Gasteiger partial charge in [-0.05, 0) is 51.6 Å². The third-order valence-electron chi connectivity index (χ3n) is 4.98. The van der Waals surface area contributed by atoms with E-state index in [2.05, 4.69) is 20.1 Å². The summed E-state index contributed by atoms with van der Waals surface area (Å²) in [5, 5.41) is 8.74. The molecule has 3 atom stereocenters. The van der Waals surface area contributed by atoms with Crippen LogP contribution in [0.25, 0.3) is 11.4 Å². The molecule has 2 unspecified atom stereocenters. The lowest BCUT2D eigenvalue weighted by molar-refractivity contribution is 0.0515. The minimum atomic E-state index is -1.04.